The molecule has 1 amide bonds. The smallest absolute Gasteiger partial charge is 0.237 e. The van der Waals surface area contributed by atoms with Crippen LogP contribution in [0.1, 0.15) is 38.7 Å². The molecule has 1 N–H and O–H groups in total. The summed E-state index contributed by atoms with van der Waals surface area (Å²) in [6.07, 6.45) is 0.317. The third-order valence-corrected chi connectivity index (χ3v) is 5.12. The van der Waals surface area contributed by atoms with Gasteiger partial charge in [0.2, 0.25) is 15.9 Å². The number of sulfonamides is 1. The monoisotopic (exact) mass is 331 g/mol. The lowest BCUT2D eigenvalue weighted by atomic mass is 10.0. The van der Waals surface area contributed by atoms with Gasteiger partial charge in [-0.2, -0.15) is 0 Å². The number of nitrogens with one attached hydrogen (secondary N) is 1. The average molecular weight is 331 g/mol. The summed E-state index contributed by atoms with van der Waals surface area (Å²) < 4.78 is 52.6. The fourth-order valence-electron chi connectivity index (χ4n) is 2.46. The zero-order chi connectivity index (χ0) is 16.7. The maximum Gasteiger partial charge on any atom is 0.237 e. The highest BCUT2D eigenvalue weighted by molar-refractivity contribution is 7.90. The van der Waals surface area contributed by atoms with Gasteiger partial charge in [0, 0.05) is 5.92 Å². The van der Waals surface area contributed by atoms with E-state index in [1.54, 1.807) is 20.8 Å². The third kappa shape index (κ3) is 4.25. The van der Waals surface area contributed by atoms with Gasteiger partial charge in [-0.1, -0.05) is 20.8 Å². The van der Waals surface area contributed by atoms with Gasteiger partial charge in [0.05, 0.1) is 5.75 Å². The summed E-state index contributed by atoms with van der Waals surface area (Å²) in [6, 6.07) is 3.06. The molecular weight excluding hydrogens is 312 g/mol. The molecule has 1 fully saturated rings. The topological polar surface area (TPSA) is 63.2 Å². The molecule has 0 radical (unpaired) electrons. The zero-order valence-electron chi connectivity index (χ0n) is 12.7. The number of rotatable bonds is 4. The Hall–Kier alpha value is -1.50. The van der Waals surface area contributed by atoms with E-state index in [9.17, 15) is 22.0 Å². The van der Waals surface area contributed by atoms with Crippen molar-refractivity contribution >= 4 is 15.9 Å². The minimum atomic E-state index is -3.73. The van der Waals surface area contributed by atoms with Gasteiger partial charge in [-0.25, -0.2) is 17.2 Å². The SMILES string of the molecule is CC(C)(C)CS(=O)(=O)NC(=O)[C@@H]1C[C@@H]1c1cc(F)ccc1F. The number of amides is 1. The van der Waals surface area contributed by atoms with Crippen LogP contribution in [0.3, 0.4) is 0 Å². The Morgan fingerprint density at radius 1 is 1.32 bits per heavy atom. The second-order valence-corrected chi connectivity index (χ2v) is 8.62. The Morgan fingerprint density at radius 3 is 2.55 bits per heavy atom. The molecular formula is C15H19F2NO3S. The third-order valence-electron chi connectivity index (χ3n) is 3.36. The van der Waals surface area contributed by atoms with Crippen molar-refractivity contribution in [2.75, 3.05) is 5.75 Å². The van der Waals surface area contributed by atoms with Gasteiger partial charge in [0.1, 0.15) is 11.6 Å². The van der Waals surface area contributed by atoms with E-state index in [1.165, 1.54) is 0 Å². The largest absolute Gasteiger partial charge is 0.274 e. The highest BCUT2D eigenvalue weighted by atomic mass is 32.2. The van der Waals surface area contributed by atoms with Crippen LogP contribution in [0.25, 0.3) is 0 Å². The summed E-state index contributed by atoms with van der Waals surface area (Å²) >= 11 is 0. The predicted molar refractivity (Wildman–Crippen MR) is 78.6 cm³/mol. The van der Waals surface area contributed by atoms with Crippen LogP contribution in [-0.4, -0.2) is 20.1 Å². The first-order valence-corrected chi connectivity index (χ1v) is 8.63. The second-order valence-electron chi connectivity index (χ2n) is 6.90. The fourth-order valence-corrected chi connectivity index (χ4v) is 4.13. The van der Waals surface area contributed by atoms with Gasteiger partial charge in [0.15, 0.2) is 0 Å². The highest BCUT2D eigenvalue weighted by Crippen LogP contribution is 2.48. The molecule has 1 saturated carbocycles. The normalized spacial score (nSPS) is 21.5. The lowest BCUT2D eigenvalue weighted by molar-refractivity contribution is -0.120. The van der Waals surface area contributed by atoms with Crippen LogP contribution < -0.4 is 4.72 Å². The van der Waals surface area contributed by atoms with Gasteiger partial charge in [-0.3, -0.25) is 9.52 Å². The molecule has 2 atom stereocenters. The van der Waals surface area contributed by atoms with E-state index in [2.05, 4.69) is 0 Å². The molecule has 7 heteroatoms. The van der Waals surface area contributed by atoms with Crippen molar-refractivity contribution < 1.29 is 22.0 Å². The molecule has 1 aliphatic rings. The van der Waals surface area contributed by atoms with Crippen molar-refractivity contribution in [2.24, 2.45) is 11.3 Å². The van der Waals surface area contributed by atoms with Crippen LogP contribution in [0, 0.1) is 23.0 Å². The molecule has 1 aromatic carbocycles. The summed E-state index contributed by atoms with van der Waals surface area (Å²) in [5.41, 5.74) is -0.364. The van der Waals surface area contributed by atoms with Crippen LogP contribution in [0.4, 0.5) is 8.78 Å². The number of hydrogen-bond donors (Lipinski definition) is 1. The Labute approximate surface area is 129 Å². The quantitative estimate of drug-likeness (QED) is 0.922. The predicted octanol–water partition coefficient (Wildman–Crippen LogP) is 2.56. The van der Waals surface area contributed by atoms with Crippen LogP contribution in [0.2, 0.25) is 0 Å². The first-order chi connectivity index (χ1) is 9.98. The molecule has 0 spiro atoms. The minimum absolute atomic E-state index is 0.119. The lowest BCUT2D eigenvalue weighted by Gasteiger charge is -2.18. The van der Waals surface area contributed by atoms with Gasteiger partial charge in [-0.15, -0.1) is 0 Å². The Morgan fingerprint density at radius 2 is 1.95 bits per heavy atom. The maximum atomic E-state index is 13.6. The lowest BCUT2D eigenvalue weighted by Crippen LogP contribution is -2.37. The summed E-state index contributed by atoms with van der Waals surface area (Å²) in [7, 11) is -3.73. The van der Waals surface area contributed by atoms with E-state index >= 15 is 0 Å². The molecule has 1 aliphatic carbocycles. The van der Waals surface area contributed by atoms with Gasteiger partial charge in [-0.05, 0) is 41.5 Å². The van der Waals surface area contributed by atoms with Gasteiger partial charge < -0.3 is 0 Å². The summed E-state index contributed by atoms with van der Waals surface area (Å²) in [6.45, 7) is 5.25. The van der Waals surface area contributed by atoms with Crippen molar-refractivity contribution in [3.05, 3.63) is 35.4 Å². The molecule has 0 unspecified atom stereocenters. The first-order valence-electron chi connectivity index (χ1n) is 6.98. The minimum Gasteiger partial charge on any atom is -0.274 e. The molecule has 2 rings (SSSR count). The van der Waals surface area contributed by atoms with E-state index < -0.39 is 44.8 Å². The highest BCUT2D eigenvalue weighted by Gasteiger charge is 2.46. The Kier molecular flexibility index (Phi) is 4.30. The molecule has 1 aromatic rings. The Bertz CT molecular complexity index is 695. The summed E-state index contributed by atoms with van der Waals surface area (Å²) in [5, 5.41) is 0. The van der Waals surface area contributed by atoms with E-state index in [0.717, 1.165) is 18.2 Å². The second kappa shape index (κ2) is 5.61. The van der Waals surface area contributed by atoms with Crippen LogP contribution in [0.15, 0.2) is 18.2 Å². The molecule has 0 saturated heterocycles. The Balaban J connectivity index is 2.04. The van der Waals surface area contributed by atoms with E-state index in [0.29, 0.717) is 6.42 Å². The van der Waals surface area contributed by atoms with Crippen molar-refractivity contribution in [1.82, 2.24) is 4.72 Å². The van der Waals surface area contributed by atoms with E-state index in [-0.39, 0.29) is 11.3 Å². The van der Waals surface area contributed by atoms with Crippen molar-refractivity contribution in [2.45, 2.75) is 33.1 Å². The molecule has 0 heterocycles. The zero-order valence-corrected chi connectivity index (χ0v) is 13.5. The van der Waals surface area contributed by atoms with Crippen LogP contribution in [-0.2, 0) is 14.8 Å². The van der Waals surface area contributed by atoms with Crippen molar-refractivity contribution in [3.8, 4) is 0 Å². The van der Waals surface area contributed by atoms with Crippen molar-refractivity contribution in [1.29, 1.82) is 0 Å². The fraction of sp³-hybridized carbons (Fsp3) is 0.533. The molecule has 0 bridgehead atoms. The van der Waals surface area contributed by atoms with Crippen LogP contribution >= 0.6 is 0 Å². The first kappa shape index (κ1) is 16.9. The van der Waals surface area contributed by atoms with Gasteiger partial charge in [0.25, 0.3) is 0 Å². The van der Waals surface area contributed by atoms with Gasteiger partial charge >= 0.3 is 0 Å². The number of carbonyl (C=O) groups is 1. The molecule has 122 valence electrons. The number of benzene rings is 1. The van der Waals surface area contributed by atoms with E-state index in [1.807, 2.05) is 4.72 Å². The summed E-state index contributed by atoms with van der Waals surface area (Å²) in [5.74, 6) is -3.11. The number of hydrogen-bond acceptors (Lipinski definition) is 3. The molecule has 0 aliphatic heterocycles. The maximum absolute atomic E-state index is 13.6. The standard InChI is InChI=1S/C15H19F2NO3S/c1-15(2,3)8-22(20,21)18-14(19)12-7-10(12)11-6-9(16)4-5-13(11)17/h4-6,10,12H,7-8H2,1-3H3,(H,18,19)/t10-,12-/m1/s1. The molecule has 0 aromatic heterocycles. The van der Waals surface area contributed by atoms with Crippen molar-refractivity contribution in [3.63, 3.8) is 0 Å². The molecule has 4 nitrogen and oxygen atoms in total. The molecule has 22 heavy (non-hydrogen) atoms. The number of carbonyl (C=O) groups excluding carboxylic acids is 1. The van der Waals surface area contributed by atoms with E-state index in [4.69, 9.17) is 0 Å². The summed E-state index contributed by atoms with van der Waals surface area (Å²) in [4.78, 5) is 12.0. The van der Waals surface area contributed by atoms with Crippen LogP contribution in [0.5, 0.6) is 0 Å². The average Bonchev–Trinajstić information content (AvgIpc) is 3.08. The number of halogens is 2.